The Morgan fingerprint density at radius 1 is 1.20 bits per heavy atom. The first kappa shape index (κ1) is 13.2. The predicted molar refractivity (Wildman–Crippen MR) is 85.5 cm³/mol. The van der Waals surface area contributed by atoms with Gasteiger partial charge in [0, 0.05) is 18.0 Å². The van der Waals surface area contributed by atoms with Crippen LogP contribution < -0.4 is 5.56 Å². The van der Waals surface area contributed by atoms with Crippen LogP contribution >= 0.6 is 22.6 Å². The first-order chi connectivity index (χ1) is 9.69. The van der Waals surface area contributed by atoms with E-state index in [-0.39, 0.29) is 5.56 Å². The van der Waals surface area contributed by atoms with Gasteiger partial charge in [-0.2, -0.15) is 0 Å². The van der Waals surface area contributed by atoms with E-state index in [1.807, 2.05) is 47.7 Å². The van der Waals surface area contributed by atoms with Gasteiger partial charge in [-0.1, -0.05) is 6.92 Å². The highest BCUT2D eigenvalue weighted by atomic mass is 127. The molecule has 0 fully saturated rings. The molecule has 1 aromatic carbocycles. The Labute approximate surface area is 128 Å². The number of hydrogen-bond acceptors (Lipinski definition) is 4. The fourth-order valence-electron chi connectivity index (χ4n) is 1.99. The van der Waals surface area contributed by atoms with Crippen LogP contribution in [0.25, 0.3) is 22.4 Å². The Morgan fingerprint density at radius 2 is 1.95 bits per heavy atom. The molecule has 2 aromatic heterocycles. The van der Waals surface area contributed by atoms with Crippen molar-refractivity contribution < 1.29 is 0 Å². The number of nitrogens with one attached hydrogen (secondary N) is 1. The highest BCUT2D eigenvalue weighted by Gasteiger charge is 2.09. The lowest BCUT2D eigenvalue weighted by Gasteiger charge is -2.06. The van der Waals surface area contributed by atoms with Crippen LogP contribution in [0.5, 0.6) is 0 Å². The molecule has 2 heterocycles. The summed E-state index contributed by atoms with van der Waals surface area (Å²) >= 11 is 2.03. The van der Waals surface area contributed by atoms with Crippen LogP contribution in [0.2, 0.25) is 0 Å². The first-order valence-corrected chi connectivity index (χ1v) is 7.26. The minimum atomic E-state index is -0.105. The van der Waals surface area contributed by atoms with Crippen molar-refractivity contribution in [2.75, 3.05) is 0 Å². The monoisotopic (exact) mass is 378 g/mol. The zero-order valence-corrected chi connectivity index (χ0v) is 12.9. The van der Waals surface area contributed by atoms with E-state index < -0.39 is 0 Å². The second kappa shape index (κ2) is 5.28. The van der Waals surface area contributed by atoms with E-state index in [1.165, 1.54) is 0 Å². The number of benzene rings is 1. The van der Waals surface area contributed by atoms with Gasteiger partial charge in [0.1, 0.15) is 5.82 Å². The van der Waals surface area contributed by atoms with E-state index in [0.29, 0.717) is 9.39 Å². The maximum Gasteiger partial charge on any atom is 0.264 e. The number of hydrogen-bond donors (Lipinski definition) is 1. The van der Waals surface area contributed by atoms with Crippen molar-refractivity contribution in [3.05, 3.63) is 50.2 Å². The van der Waals surface area contributed by atoms with Gasteiger partial charge in [-0.3, -0.25) is 14.8 Å². The van der Waals surface area contributed by atoms with E-state index in [0.717, 1.165) is 28.7 Å². The standard InChI is InChI=1S/C14H11IN4O/c1-2-9-12(15)14(20)19-13(18-9)8-3-4-10-11(7-8)17-6-5-16-10/h3-7H,2H2,1H3,(H,18,19,20). The topological polar surface area (TPSA) is 71.5 Å². The van der Waals surface area contributed by atoms with Crippen molar-refractivity contribution in [2.45, 2.75) is 13.3 Å². The van der Waals surface area contributed by atoms with Crippen molar-refractivity contribution >= 4 is 33.6 Å². The van der Waals surface area contributed by atoms with Crippen molar-refractivity contribution in [3.63, 3.8) is 0 Å². The van der Waals surface area contributed by atoms with Gasteiger partial charge < -0.3 is 4.98 Å². The molecule has 0 aliphatic carbocycles. The normalized spacial score (nSPS) is 10.9. The Balaban J connectivity index is 2.20. The fraction of sp³-hybridized carbons (Fsp3) is 0.143. The maximum absolute atomic E-state index is 11.9. The minimum absolute atomic E-state index is 0.105. The minimum Gasteiger partial charge on any atom is -0.306 e. The molecule has 0 bridgehead atoms. The molecular formula is C14H11IN4O. The van der Waals surface area contributed by atoms with Crippen LogP contribution in [0.15, 0.2) is 35.4 Å². The molecule has 5 nitrogen and oxygen atoms in total. The van der Waals surface area contributed by atoms with Gasteiger partial charge in [-0.05, 0) is 47.2 Å². The zero-order chi connectivity index (χ0) is 14.1. The molecule has 0 spiro atoms. The van der Waals surface area contributed by atoms with Gasteiger partial charge in [0.25, 0.3) is 5.56 Å². The largest absolute Gasteiger partial charge is 0.306 e. The van der Waals surface area contributed by atoms with E-state index in [4.69, 9.17) is 0 Å². The Hall–Kier alpha value is -1.83. The predicted octanol–water partition coefficient (Wildman–Crippen LogP) is 2.55. The molecule has 0 atom stereocenters. The van der Waals surface area contributed by atoms with Crippen molar-refractivity contribution in [3.8, 4) is 11.4 Å². The summed E-state index contributed by atoms with van der Waals surface area (Å²) in [5.74, 6) is 0.569. The van der Waals surface area contributed by atoms with Gasteiger partial charge in [0.2, 0.25) is 0 Å². The average Bonchev–Trinajstić information content (AvgIpc) is 2.49. The molecule has 0 amide bonds. The molecule has 100 valence electrons. The lowest BCUT2D eigenvalue weighted by molar-refractivity contribution is 0.969. The summed E-state index contributed by atoms with van der Waals surface area (Å²) in [5.41, 5.74) is 3.14. The molecular weight excluding hydrogens is 367 g/mol. The van der Waals surface area contributed by atoms with Crippen molar-refractivity contribution in [2.24, 2.45) is 0 Å². The lowest BCUT2D eigenvalue weighted by atomic mass is 10.1. The molecule has 0 radical (unpaired) electrons. The molecule has 20 heavy (non-hydrogen) atoms. The third kappa shape index (κ3) is 2.31. The number of aryl methyl sites for hydroxylation is 1. The van der Waals surface area contributed by atoms with Gasteiger partial charge in [0.15, 0.2) is 0 Å². The van der Waals surface area contributed by atoms with Gasteiger partial charge >= 0.3 is 0 Å². The van der Waals surface area contributed by atoms with Gasteiger partial charge in [-0.15, -0.1) is 0 Å². The van der Waals surface area contributed by atoms with E-state index in [9.17, 15) is 4.79 Å². The van der Waals surface area contributed by atoms with E-state index >= 15 is 0 Å². The molecule has 1 N–H and O–H groups in total. The van der Waals surface area contributed by atoms with Gasteiger partial charge in [-0.25, -0.2) is 4.98 Å². The highest BCUT2D eigenvalue weighted by molar-refractivity contribution is 14.1. The molecule has 0 saturated heterocycles. The summed E-state index contributed by atoms with van der Waals surface area (Å²) in [4.78, 5) is 27.7. The summed E-state index contributed by atoms with van der Waals surface area (Å²) in [7, 11) is 0. The fourth-order valence-corrected chi connectivity index (χ4v) is 2.62. The van der Waals surface area contributed by atoms with E-state index in [1.54, 1.807) is 12.4 Å². The number of H-pyrrole nitrogens is 1. The maximum atomic E-state index is 11.9. The number of aromatic amines is 1. The van der Waals surface area contributed by atoms with Gasteiger partial charge in [0.05, 0.1) is 20.3 Å². The summed E-state index contributed by atoms with van der Waals surface area (Å²) in [6.07, 6.45) is 4.03. The summed E-state index contributed by atoms with van der Waals surface area (Å²) in [6, 6.07) is 5.65. The molecule has 0 aliphatic heterocycles. The first-order valence-electron chi connectivity index (χ1n) is 6.19. The molecule has 6 heteroatoms. The highest BCUT2D eigenvalue weighted by Crippen LogP contribution is 2.19. The molecule has 0 unspecified atom stereocenters. The Bertz CT molecular complexity index is 844. The van der Waals surface area contributed by atoms with Crippen LogP contribution in [-0.4, -0.2) is 19.9 Å². The Kier molecular flexibility index (Phi) is 3.47. The van der Waals surface area contributed by atoms with Crippen molar-refractivity contribution in [1.29, 1.82) is 0 Å². The van der Waals surface area contributed by atoms with Crippen LogP contribution in [0.4, 0.5) is 0 Å². The summed E-state index contributed by atoms with van der Waals surface area (Å²) < 4.78 is 0.648. The quantitative estimate of drug-likeness (QED) is 0.696. The number of aromatic nitrogens is 4. The third-order valence-electron chi connectivity index (χ3n) is 3.01. The summed E-state index contributed by atoms with van der Waals surface area (Å²) in [5, 5.41) is 0. The van der Waals surface area contributed by atoms with E-state index in [2.05, 4.69) is 19.9 Å². The van der Waals surface area contributed by atoms with Crippen LogP contribution in [0.3, 0.4) is 0 Å². The second-order valence-electron chi connectivity index (χ2n) is 4.29. The van der Waals surface area contributed by atoms with Crippen LogP contribution in [-0.2, 0) is 6.42 Å². The number of fused-ring (bicyclic) bond motifs is 1. The van der Waals surface area contributed by atoms with Crippen LogP contribution in [0, 0.1) is 3.57 Å². The molecule has 3 rings (SSSR count). The lowest BCUT2D eigenvalue weighted by Crippen LogP contribution is -2.16. The number of halogens is 1. The van der Waals surface area contributed by atoms with Crippen molar-refractivity contribution in [1.82, 2.24) is 19.9 Å². The number of rotatable bonds is 2. The smallest absolute Gasteiger partial charge is 0.264 e. The average molecular weight is 378 g/mol. The van der Waals surface area contributed by atoms with Crippen LogP contribution in [0.1, 0.15) is 12.6 Å². The summed E-state index contributed by atoms with van der Waals surface area (Å²) in [6.45, 7) is 1.99. The third-order valence-corrected chi connectivity index (χ3v) is 4.12. The number of nitrogens with zero attached hydrogens (tertiary/aromatic N) is 3. The SMILES string of the molecule is CCc1nc(-c2ccc3nccnc3c2)[nH]c(=O)c1I. The zero-order valence-electron chi connectivity index (χ0n) is 10.7. The Morgan fingerprint density at radius 3 is 2.70 bits per heavy atom. The second-order valence-corrected chi connectivity index (χ2v) is 5.37. The molecule has 0 aliphatic rings. The molecule has 3 aromatic rings. The molecule has 0 saturated carbocycles.